The number of halogens is 3. The number of hydrogen-bond acceptors (Lipinski definition) is 2. The van der Waals surface area contributed by atoms with Gasteiger partial charge in [-0.25, -0.2) is 4.39 Å². The Morgan fingerprint density at radius 3 is 2.36 bits per heavy atom. The maximum absolute atomic E-state index is 13.7. The SMILES string of the molecule is O=C(/N=C(/Nc1cc(F)cc(Cl)c1)N[C@H]1CC[C@H](O)CC1)c1ccc(Cl)cc1. The molecule has 0 spiro atoms. The summed E-state index contributed by atoms with van der Waals surface area (Å²) in [6, 6.07) is 10.4. The van der Waals surface area contributed by atoms with Gasteiger partial charge in [0.15, 0.2) is 0 Å². The van der Waals surface area contributed by atoms with Gasteiger partial charge >= 0.3 is 0 Å². The summed E-state index contributed by atoms with van der Waals surface area (Å²) in [4.78, 5) is 16.7. The second-order valence-electron chi connectivity index (χ2n) is 6.71. The maximum Gasteiger partial charge on any atom is 0.280 e. The number of carbonyl (C=O) groups is 1. The normalized spacial score (nSPS) is 19.9. The van der Waals surface area contributed by atoms with E-state index in [1.807, 2.05) is 0 Å². The van der Waals surface area contributed by atoms with Crippen LogP contribution in [0.15, 0.2) is 47.5 Å². The van der Waals surface area contributed by atoms with E-state index in [1.54, 1.807) is 30.3 Å². The standard InChI is InChI=1S/C20H20Cl2FN3O2/c21-13-3-1-12(2-4-13)19(28)26-20(24-16-5-7-18(27)8-6-16)25-17-10-14(22)9-15(23)11-17/h1-4,9-11,16,18,27H,5-8H2,(H2,24,25,26,28)/t16-,18-. The largest absolute Gasteiger partial charge is 0.393 e. The first-order chi connectivity index (χ1) is 13.4. The molecule has 0 radical (unpaired) electrons. The molecule has 1 saturated carbocycles. The fraction of sp³-hybridized carbons (Fsp3) is 0.300. The second-order valence-corrected chi connectivity index (χ2v) is 7.58. The number of nitrogens with one attached hydrogen (secondary N) is 2. The van der Waals surface area contributed by atoms with Crippen molar-refractivity contribution in [2.24, 2.45) is 4.99 Å². The highest BCUT2D eigenvalue weighted by Crippen LogP contribution is 2.20. The minimum atomic E-state index is -0.501. The Morgan fingerprint density at radius 2 is 1.71 bits per heavy atom. The summed E-state index contributed by atoms with van der Waals surface area (Å²) in [5.41, 5.74) is 0.748. The molecular formula is C20H20Cl2FN3O2. The van der Waals surface area contributed by atoms with Crippen molar-refractivity contribution in [3.63, 3.8) is 0 Å². The lowest BCUT2D eigenvalue weighted by Crippen LogP contribution is -2.42. The summed E-state index contributed by atoms with van der Waals surface area (Å²) < 4.78 is 13.7. The molecule has 1 fully saturated rings. The van der Waals surface area contributed by atoms with Crippen molar-refractivity contribution in [1.82, 2.24) is 5.32 Å². The Bertz CT molecular complexity index is 846. The molecule has 28 heavy (non-hydrogen) atoms. The number of nitrogens with zero attached hydrogens (tertiary/aromatic N) is 1. The highest BCUT2D eigenvalue weighted by Gasteiger charge is 2.21. The molecule has 0 aliphatic heterocycles. The number of aliphatic imine (C=N–C) groups is 1. The topological polar surface area (TPSA) is 73.7 Å². The molecule has 3 rings (SSSR count). The van der Waals surface area contributed by atoms with Crippen LogP contribution in [-0.2, 0) is 0 Å². The van der Waals surface area contributed by atoms with E-state index in [9.17, 15) is 14.3 Å². The first-order valence-electron chi connectivity index (χ1n) is 8.95. The van der Waals surface area contributed by atoms with Gasteiger partial charge < -0.3 is 15.7 Å². The van der Waals surface area contributed by atoms with E-state index in [0.29, 0.717) is 29.1 Å². The summed E-state index contributed by atoms with van der Waals surface area (Å²) in [5, 5.41) is 16.6. The molecule has 1 aliphatic carbocycles. The van der Waals surface area contributed by atoms with Crippen LogP contribution in [0.5, 0.6) is 0 Å². The van der Waals surface area contributed by atoms with Gasteiger partial charge in [-0.15, -0.1) is 0 Å². The van der Waals surface area contributed by atoms with E-state index in [-0.39, 0.29) is 23.1 Å². The smallest absolute Gasteiger partial charge is 0.280 e. The third kappa shape index (κ3) is 5.92. The molecule has 2 aromatic carbocycles. The molecule has 0 bridgehead atoms. The van der Waals surface area contributed by atoms with Crippen LogP contribution in [0.3, 0.4) is 0 Å². The zero-order valence-corrected chi connectivity index (χ0v) is 16.5. The molecule has 8 heteroatoms. The summed E-state index contributed by atoms with van der Waals surface area (Å²) in [6.45, 7) is 0. The molecule has 2 aromatic rings. The monoisotopic (exact) mass is 423 g/mol. The minimum absolute atomic E-state index is 0.0386. The number of guanidine groups is 1. The van der Waals surface area contributed by atoms with E-state index in [1.165, 1.54) is 12.1 Å². The second kappa shape index (κ2) is 9.37. The van der Waals surface area contributed by atoms with Crippen molar-refractivity contribution in [3.8, 4) is 0 Å². The highest BCUT2D eigenvalue weighted by atomic mass is 35.5. The molecule has 0 unspecified atom stereocenters. The van der Waals surface area contributed by atoms with E-state index >= 15 is 0 Å². The molecule has 1 aliphatic rings. The zero-order chi connectivity index (χ0) is 20.1. The van der Waals surface area contributed by atoms with Crippen molar-refractivity contribution >= 4 is 40.8 Å². The van der Waals surface area contributed by atoms with Crippen LogP contribution in [0.2, 0.25) is 10.0 Å². The van der Waals surface area contributed by atoms with E-state index in [0.717, 1.165) is 12.8 Å². The van der Waals surface area contributed by atoms with Gasteiger partial charge in [0.25, 0.3) is 5.91 Å². The van der Waals surface area contributed by atoms with Gasteiger partial charge in [0.1, 0.15) is 5.82 Å². The number of aliphatic hydroxyl groups is 1. The number of hydrogen-bond donors (Lipinski definition) is 3. The zero-order valence-electron chi connectivity index (χ0n) is 15.0. The third-order valence-electron chi connectivity index (χ3n) is 4.47. The van der Waals surface area contributed by atoms with Crippen molar-refractivity contribution in [3.05, 3.63) is 63.9 Å². The average Bonchev–Trinajstić information content (AvgIpc) is 2.63. The predicted octanol–water partition coefficient (Wildman–Crippen LogP) is 4.63. The summed E-state index contributed by atoms with van der Waals surface area (Å²) in [5.74, 6) is -0.771. The van der Waals surface area contributed by atoms with Gasteiger partial charge in [0.2, 0.25) is 5.96 Å². The van der Waals surface area contributed by atoms with Gasteiger partial charge in [-0.05, 0) is 68.1 Å². The van der Waals surface area contributed by atoms with Gasteiger partial charge in [0.05, 0.1) is 6.10 Å². The molecule has 0 atom stereocenters. The summed E-state index contributed by atoms with van der Waals surface area (Å²) in [6.07, 6.45) is 2.51. The predicted molar refractivity (Wildman–Crippen MR) is 110 cm³/mol. The van der Waals surface area contributed by atoms with Crippen molar-refractivity contribution in [2.75, 3.05) is 5.32 Å². The van der Waals surface area contributed by atoms with Gasteiger partial charge in [-0.2, -0.15) is 4.99 Å². The van der Waals surface area contributed by atoms with Crippen LogP contribution in [0.1, 0.15) is 36.0 Å². The van der Waals surface area contributed by atoms with E-state index < -0.39 is 11.7 Å². The van der Waals surface area contributed by atoms with Gasteiger partial charge in [-0.1, -0.05) is 23.2 Å². The number of benzene rings is 2. The number of aliphatic hydroxyl groups excluding tert-OH is 1. The minimum Gasteiger partial charge on any atom is -0.393 e. The molecule has 148 valence electrons. The summed E-state index contributed by atoms with van der Waals surface area (Å²) in [7, 11) is 0. The Hall–Kier alpha value is -2.15. The average molecular weight is 424 g/mol. The lowest BCUT2D eigenvalue weighted by molar-refractivity contribution is 0.100. The Morgan fingerprint density at radius 1 is 1.04 bits per heavy atom. The van der Waals surface area contributed by atoms with Gasteiger partial charge in [0, 0.05) is 27.3 Å². The third-order valence-corrected chi connectivity index (χ3v) is 4.94. The first-order valence-corrected chi connectivity index (χ1v) is 9.71. The molecule has 0 heterocycles. The summed E-state index contributed by atoms with van der Waals surface area (Å²) >= 11 is 11.8. The number of amides is 1. The van der Waals surface area contributed by atoms with Gasteiger partial charge in [-0.3, -0.25) is 4.79 Å². The lowest BCUT2D eigenvalue weighted by atomic mass is 9.93. The maximum atomic E-state index is 13.7. The van der Waals surface area contributed by atoms with Crippen LogP contribution in [0.4, 0.5) is 10.1 Å². The lowest BCUT2D eigenvalue weighted by Gasteiger charge is -2.27. The highest BCUT2D eigenvalue weighted by molar-refractivity contribution is 6.31. The Kier molecular flexibility index (Phi) is 6.88. The van der Waals surface area contributed by atoms with Crippen molar-refractivity contribution in [2.45, 2.75) is 37.8 Å². The fourth-order valence-electron chi connectivity index (χ4n) is 3.03. The molecule has 0 saturated heterocycles. The number of anilines is 1. The van der Waals surface area contributed by atoms with Crippen LogP contribution < -0.4 is 10.6 Å². The van der Waals surface area contributed by atoms with Crippen LogP contribution in [-0.4, -0.2) is 29.1 Å². The van der Waals surface area contributed by atoms with Crippen molar-refractivity contribution < 1.29 is 14.3 Å². The quantitative estimate of drug-likeness (QED) is 0.496. The number of carbonyl (C=O) groups excluding carboxylic acids is 1. The van der Waals surface area contributed by atoms with E-state index in [4.69, 9.17) is 23.2 Å². The molecule has 5 nitrogen and oxygen atoms in total. The van der Waals surface area contributed by atoms with Crippen molar-refractivity contribution in [1.29, 1.82) is 0 Å². The number of rotatable bonds is 3. The molecule has 1 amide bonds. The van der Waals surface area contributed by atoms with Crippen LogP contribution >= 0.6 is 23.2 Å². The van der Waals surface area contributed by atoms with E-state index in [2.05, 4.69) is 15.6 Å². The van der Waals surface area contributed by atoms with Crippen LogP contribution in [0.25, 0.3) is 0 Å². The fourth-order valence-corrected chi connectivity index (χ4v) is 3.38. The van der Waals surface area contributed by atoms with Crippen LogP contribution in [0, 0.1) is 5.82 Å². The molecular weight excluding hydrogens is 404 g/mol. The first kappa shape index (κ1) is 20.6. The Balaban J connectivity index is 1.82. The molecule has 0 aromatic heterocycles. The molecule has 3 N–H and O–H groups in total. The Labute approximate surface area is 172 Å².